The van der Waals surface area contributed by atoms with Crippen LogP contribution in [0.4, 0.5) is 0 Å². The smallest absolute Gasteiger partial charge is 0.238 e. The Bertz CT molecular complexity index is 440. The lowest BCUT2D eigenvalue weighted by Gasteiger charge is -2.26. The lowest BCUT2D eigenvalue weighted by molar-refractivity contribution is -0.125. The van der Waals surface area contributed by atoms with Gasteiger partial charge in [-0.15, -0.1) is 0 Å². The van der Waals surface area contributed by atoms with E-state index in [1.54, 1.807) is 12.4 Å². The molecule has 1 aromatic heterocycles. The van der Waals surface area contributed by atoms with Gasteiger partial charge in [-0.25, -0.2) is 0 Å². The zero-order valence-corrected chi connectivity index (χ0v) is 10.2. The molecule has 5 heteroatoms. The average molecular weight is 244 g/mol. The first kappa shape index (κ1) is 12.5. The fourth-order valence-electron chi connectivity index (χ4n) is 2.16. The van der Waals surface area contributed by atoms with Gasteiger partial charge in [0, 0.05) is 32.0 Å². The van der Waals surface area contributed by atoms with Crippen LogP contribution in [0.3, 0.4) is 0 Å². The fourth-order valence-corrected chi connectivity index (χ4v) is 2.16. The molecule has 1 saturated heterocycles. The summed E-state index contributed by atoms with van der Waals surface area (Å²) in [6.45, 7) is 2.16. The summed E-state index contributed by atoms with van der Waals surface area (Å²) >= 11 is 0. The van der Waals surface area contributed by atoms with Crippen molar-refractivity contribution in [3.8, 4) is 6.07 Å². The molecule has 1 unspecified atom stereocenters. The highest BCUT2D eigenvalue weighted by Crippen LogP contribution is 2.13. The minimum atomic E-state index is -0.349. The van der Waals surface area contributed by atoms with Gasteiger partial charge in [0.05, 0.1) is 12.5 Å². The van der Waals surface area contributed by atoms with E-state index in [1.165, 1.54) is 0 Å². The summed E-state index contributed by atoms with van der Waals surface area (Å²) in [5, 5.41) is 11.7. The Morgan fingerprint density at radius 2 is 2.50 bits per heavy atom. The van der Waals surface area contributed by atoms with Crippen molar-refractivity contribution in [3.05, 3.63) is 30.1 Å². The summed E-state index contributed by atoms with van der Waals surface area (Å²) in [5.41, 5.74) is 1.06. The van der Waals surface area contributed by atoms with Gasteiger partial charge in [-0.1, -0.05) is 6.07 Å². The minimum absolute atomic E-state index is 0.0436. The molecule has 1 fully saturated rings. The van der Waals surface area contributed by atoms with E-state index in [9.17, 15) is 4.79 Å². The van der Waals surface area contributed by atoms with E-state index in [2.05, 4.69) is 21.3 Å². The van der Waals surface area contributed by atoms with Crippen molar-refractivity contribution in [2.24, 2.45) is 0 Å². The zero-order chi connectivity index (χ0) is 12.8. The van der Waals surface area contributed by atoms with Gasteiger partial charge in [0.15, 0.2) is 0 Å². The Balaban J connectivity index is 2.12. The van der Waals surface area contributed by atoms with Gasteiger partial charge in [0.25, 0.3) is 0 Å². The second-order valence-corrected chi connectivity index (χ2v) is 4.35. The van der Waals surface area contributed by atoms with Gasteiger partial charge in [-0.3, -0.25) is 14.7 Å². The Hall–Kier alpha value is -1.93. The maximum atomic E-state index is 11.9. The van der Waals surface area contributed by atoms with Crippen LogP contribution in [0.15, 0.2) is 24.5 Å². The second kappa shape index (κ2) is 6.12. The number of rotatable bonds is 3. The number of hydrogen-bond donors (Lipinski definition) is 1. The van der Waals surface area contributed by atoms with Crippen molar-refractivity contribution in [1.82, 2.24) is 15.2 Å². The first-order valence-electron chi connectivity index (χ1n) is 6.09. The van der Waals surface area contributed by atoms with Crippen molar-refractivity contribution in [1.29, 1.82) is 5.26 Å². The second-order valence-electron chi connectivity index (χ2n) is 4.35. The molecule has 1 atom stereocenters. The summed E-state index contributed by atoms with van der Waals surface area (Å²) in [7, 11) is 0. The molecule has 18 heavy (non-hydrogen) atoms. The lowest BCUT2D eigenvalue weighted by Crippen LogP contribution is -2.43. The summed E-state index contributed by atoms with van der Waals surface area (Å²) < 4.78 is 0. The summed E-state index contributed by atoms with van der Waals surface area (Å²) in [6, 6.07) is 5.61. The standard InChI is InChI=1S/C13H16N4O/c14-5-4-12-13(18)16-7-2-8-17(12)10-11-3-1-6-15-9-11/h1,3,6,9,12H,2,4,7-8,10H2,(H,16,18). The molecule has 1 aromatic rings. The minimum Gasteiger partial charge on any atom is -0.355 e. The third-order valence-corrected chi connectivity index (χ3v) is 3.06. The number of aromatic nitrogens is 1. The van der Waals surface area contributed by atoms with Crippen LogP contribution >= 0.6 is 0 Å². The van der Waals surface area contributed by atoms with Gasteiger partial charge in [-0.05, 0) is 18.1 Å². The zero-order valence-electron chi connectivity index (χ0n) is 10.2. The van der Waals surface area contributed by atoms with E-state index < -0.39 is 0 Å². The topological polar surface area (TPSA) is 69.0 Å². The third-order valence-electron chi connectivity index (χ3n) is 3.06. The highest BCUT2D eigenvalue weighted by atomic mass is 16.2. The molecule has 0 aromatic carbocycles. The number of carbonyl (C=O) groups is 1. The number of nitrogens with zero attached hydrogens (tertiary/aromatic N) is 3. The van der Waals surface area contributed by atoms with Gasteiger partial charge in [0.2, 0.25) is 5.91 Å². The first-order chi connectivity index (χ1) is 8.81. The molecular formula is C13H16N4O. The van der Waals surface area contributed by atoms with E-state index in [4.69, 9.17) is 5.26 Å². The maximum Gasteiger partial charge on any atom is 0.238 e. The lowest BCUT2D eigenvalue weighted by atomic mass is 10.1. The fraction of sp³-hybridized carbons (Fsp3) is 0.462. The predicted octanol–water partition coefficient (Wildman–Crippen LogP) is 0.686. The Morgan fingerprint density at radius 1 is 1.61 bits per heavy atom. The molecule has 1 aliphatic heterocycles. The number of nitriles is 1. The Morgan fingerprint density at radius 3 is 3.22 bits per heavy atom. The molecule has 0 saturated carbocycles. The molecule has 1 amide bonds. The quantitative estimate of drug-likeness (QED) is 0.849. The highest BCUT2D eigenvalue weighted by molar-refractivity contribution is 5.82. The van der Waals surface area contributed by atoms with E-state index in [-0.39, 0.29) is 18.4 Å². The summed E-state index contributed by atoms with van der Waals surface area (Å²) in [4.78, 5) is 18.0. The van der Waals surface area contributed by atoms with Crippen LogP contribution in [-0.4, -0.2) is 34.9 Å². The number of hydrogen-bond acceptors (Lipinski definition) is 4. The molecule has 1 aliphatic rings. The number of carbonyl (C=O) groups excluding carboxylic acids is 1. The van der Waals surface area contributed by atoms with Crippen LogP contribution in [0, 0.1) is 11.3 Å². The number of nitrogens with one attached hydrogen (secondary N) is 1. The SMILES string of the molecule is N#CCC1C(=O)NCCCN1Cc1cccnc1. The molecule has 0 radical (unpaired) electrons. The third kappa shape index (κ3) is 3.05. The number of amides is 1. The van der Waals surface area contributed by atoms with Crippen molar-refractivity contribution in [3.63, 3.8) is 0 Å². The molecule has 5 nitrogen and oxygen atoms in total. The van der Waals surface area contributed by atoms with Crippen molar-refractivity contribution >= 4 is 5.91 Å². The van der Waals surface area contributed by atoms with Crippen molar-refractivity contribution < 1.29 is 4.79 Å². The molecule has 2 heterocycles. The predicted molar refractivity (Wildman–Crippen MR) is 66.3 cm³/mol. The highest BCUT2D eigenvalue weighted by Gasteiger charge is 2.27. The molecule has 1 N–H and O–H groups in total. The molecule has 0 aliphatic carbocycles. The van der Waals surface area contributed by atoms with Crippen LogP contribution in [0.1, 0.15) is 18.4 Å². The van der Waals surface area contributed by atoms with Gasteiger partial charge >= 0.3 is 0 Å². The molecule has 0 spiro atoms. The molecule has 2 rings (SSSR count). The van der Waals surface area contributed by atoms with Crippen LogP contribution in [0.2, 0.25) is 0 Å². The van der Waals surface area contributed by atoms with Crippen molar-refractivity contribution in [2.75, 3.05) is 13.1 Å². The van der Waals surface area contributed by atoms with E-state index >= 15 is 0 Å². The molecule has 0 bridgehead atoms. The van der Waals surface area contributed by atoms with Gasteiger partial charge in [0.1, 0.15) is 6.04 Å². The van der Waals surface area contributed by atoms with E-state index in [1.807, 2.05) is 12.1 Å². The largest absolute Gasteiger partial charge is 0.355 e. The maximum absolute atomic E-state index is 11.9. The van der Waals surface area contributed by atoms with Crippen molar-refractivity contribution in [2.45, 2.75) is 25.4 Å². The average Bonchev–Trinajstić information content (AvgIpc) is 2.56. The van der Waals surface area contributed by atoms with Crippen LogP contribution < -0.4 is 5.32 Å². The Labute approximate surface area is 106 Å². The Kier molecular flexibility index (Phi) is 4.26. The van der Waals surface area contributed by atoms with Crippen LogP contribution in [-0.2, 0) is 11.3 Å². The normalized spacial score (nSPS) is 20.8. The first-order valence-corrected chi connectivity index (χ1v) is 6.09. The summed E-state index contributed by atoms with van der Waals surface area (Å²) in [5.74, 6) is -0.0436. The summed E-state index contributed by atoms with van der Waals surface area (Å²) in [6.07, 6.45) is 4.66. The monoisotopic (exact) mass is 244 g/mol. The van der Waals surface area contributed by atoms with Crippen LogP contribution in [0.5, 0.6) is 0 Å². The van der Waals surface area contributed by atoms with Crippen LogP contribution in [0.25, 0.3) is 0 Å². The van der Waals surface area contributed by atoms with E-state index in [0.717, 1.165) is 18.5 Å². The molecule has 94 valence electrons. The van der Waals surface area contributed by atoms with Gasteiger partial charge < -0.3 is 5.32 Å². The van der Waals surface area contributed by atoms with Gasteiger partial charge in [-0.2, -0.15) is 5.26 Å². The molecular weight excluding hydrogens is 228 g/mol. The number of pyridine rings is 1. The van der Waals surface area contributed by atoms with E-state index in [0.29, 0.717) is 13.1 Å².